The summed E-state index contributed by atoms with van der Waals surface area (Å²) in [4.78, 5) is 11.6. The summed E-state index contributed by atoms with van der Waals surface area (Å²) >= 11 is 12.0. The number of anilines is 1. The predicted octanol–water partition coefficient (Wildman–Crippen LogP) is 3.77. The third-order valence-corrected chi connectivity index (χ3v) is 3.41. The van der Waals surface area contributed by atoms with Crippen molar-refractivity contribution in [1.29, 1.82) is 0 Å². The highest BCUT2D eigenvalue weighted by molar-refractivity contribution is 6.33. The Labute approximate surface area is 125 Å². The molecule has 0 fully saturated rings. The second-order valence-electron chi connectivity index (χ2n) is 4.09. The molecule has 1 unspecified atom stereocenters. The largest absolute Gasteiger partial charge is 0.369 e. The zero-order valence-electron chi connectivity index (χ0n) is 10.2. The molecular weight excluding hydrogens is 302 g/mol. The standard InChI is InChI=1S/C14H11Cl2FN2O/c15-8-4-1-2-7-11(8)19-13(14(18)20)12-9(16)5-3-6-10(12)17/h1-7,13,19H,(H2,18,20). The van der Waals surface area contributed by atoms with Gasteiger partial charge >= 0.3 is 0 Å². The molecule has 6 heteroatoms. The van der Waals surface area contributed by atoms with Crippen LogP contribution in [0.4, 0.5) is 10.1 Å². The van der Waals surface area contributed by atoms with Crippen LogP contribution in [0.15, 0.2) is 42.5 Å². The Hall–Kier alpha value is -1.78. The van der Waals surface area contributed by atoms with Crippen molar-refractivity contribution >= 4 is 34.8 Å². The number of halogens is 3. The van der Waals surface area contributed by atoms with Gasteiger partial charge in [0.15, 0.2) is 0 Å². The van der Waals surface area contributed by atoms with Gasteiger partial charge in [0.25, 0.3) is 0 Å². The van der Waals surface area contributed by atoms with E-state index >= 15 is 0 Å². The maximum absolute atomic E-state index is 13.9. The van der Waals surface area contributed by atoms with Gasteiger partial charge in [-0.05, 0) is 24.3 Å². The first-order valence-corrected chi connectivity index (χ1v) is 6.50. The minimum atomic E-state index is -1.11. The molecule has 104 valence electrons. The number of carbonyl (C=O) groups excluding carboxylic acids is 1. The minimum Gasteiger partial charge on any atom is -0.369 e. The SMILES string of the molecule is NC(=O)C(Nc1ccccc1Cl)c1c(F)cccc1Cl. The van der Waals surface area contributed by atoms with Crippen molar-refractivity contribution in [2.24, 2.45) is 5.73 Å². The highest BCUT2D eigenvalue weighted by Crippen LogP contribution is 2.31. The zero-order chi connectivity index (χ0) is 14.7. The van der Waals surface area contributed by atoms with Crippen molar-refractivity contribution in [2.45, 2.75) is 6.04 Å². The maximum atomic E-state index is 13.9. The fraction of sp³-hybridized carbons (Fsp3) is 0.0714. The second kappa shape index (κ2) is 6.11. The van der Waals surface area contributed by atoms with E-state index in [-0.39, 0.29) is 10.6 Å². The highest BCUT2D eigenvalue weighted by atomic mass is 35.5. The van der Waals surface area contributed by atoms with Crippen LogP contribution in [0.1, 0.15) is 11.6 Å². The fourth-order valence-corrected chi connectivity index (χ4v) is 2.27. The van der Waals surface area contributed by atoms with E-state index in [0.29, 0.717) is 10.7 Å². The molecule has 1 atom stereocenters. The molecule has 2 aromatic rings. The van der Waals surface area contributed by atoms with Crippen LogP contribution in [0, 0.1) is 5.82 Å². The Balaban J connectivity index is 2.43. The van der Waals surface area contributed by atoms with E-state index in [9.17, 15) is 9.18 Å². The van der Waals surface area contributed by atoms with E-state index in [1.165, 1.54) is 18.2 Å². The summed E-state index contributed by atoms with van der Waals surface area (Å²) in [5, 5.41) is 3.33. The average molecular weight is 313 g/mol. The second-order valence-corrected chi connectivity index (χ2v) is 4.91. The van der Waals surface area contributed by atoms with Crippen molar-refractivity contribution in [2.75, 3.05) is 5.32 Å². The molecule has 0 radical (unpaired) electrons. The lowest BCUT2D eigenvalue weighted by Crippen LogP contribution is -2.29. The van der Waals surface area contributed by atoms with Gasteiger partial charge < -0.3 is 11.1 Å². The van der Waals surface area contributed by atoms with Crippen LogP contribution in [0.2, 0.25) is 10.0 Å². The Morgan fingerprint density at radius 2 is 1.75 bits per heavy atom. The molecule has 0 saturated heterocycles. The summed E-state index contributed by atoms with van der Waals surface area (Å²) in [6.07, 6.45) is 0. The number of amides is 1. The van der Waals surface area contributed by atoms with Crippen molar-refractivity contribution in [1.82, 2.24) is 0 Å². The summed E-state index contributed by atoms with van der Waals surface area (Å²) < 4.78 is 13.9. The van der Waals surface area contributed by atoms with Crippen molar-refractivity contribution in [3.63, 3.8) is 0 Å². The predicted molar refractivity (Wildman–Crippen MR) is 78.4 cm³/mol. The summed E-state index contributed by atoms with van der Waals surface area (Å²) in [6, 6.07) is 9.82. The van der Waals surface area contributed by atoms with Crippen LogP contribution >= 0.6 is 23.2 Å². The molecule has 3 nitrogen and oxygen atoms in total. The van der Waals surface area contributed by atoms with Crippen LogP contribution < -0.4 is 11.1 Å². The molecule has 0 spiro atoms. The molecule has 1 amide bonds. The molecule has 3 N–H and O–H groups in total. The van der Waals surface area contributed by atoms with Gasteiger partial charge in [0.1, 0.15) is 11.9 Å². The molecule has 2 rings (SSSR count). The van der Waals surface area contributed by atoms with Gasteiger partial charge in [-0.1, -0.05) is 41.4 Å². The van der Waals surface area contributed by atoms with Crippen LogP contribution in [-0.4, -0.2) is 5.91 Å². The van der Waals surface area contributed by atoms with E-state index in [2.05, 4.69) is 5.32 Å². The maximum Gasteiger partial charge on any atom is 0.244 e. The first kappa shape index (κ1) is 14.6. The first-order chi connectivity index (χ1) is 9.50. The summed E-state index contributed by atoms with van der Waals surface area (Å²) in [7, 11) is 0. The zero-order valence-corrected chi connectivity index (χ0v) is 11.8. The Morgan fingerprint density at radius 1 is 1.10 bits per heavy atom. The van der Waals surface area contributed by atoms with E-state index in [1.807, 2.05) is 0 Å². The monoisotopic (exact) mass is 312 g/mol. The lowest BCUT2D eigenvalue weighted by molar-refractivity contribution is -0.118. The van der Waals surface area contributed by atoms with E-state index in [4.69, 9.17) is 28.9 Å². The normalized spacial score (nSPS) is 11.9. The molecule has 2 aromatic carbocycles. The van der Waals surface area contributed by atoms with Gasteiger partial charge in [-0.15, -0.1) is 0 Å². The Morgan fingerprint density at radius 3 is 2.35 bits per heavy atom. The number of nitrogens with one attached hydrogen (secondary N) is 1. The van der Waals surface area contributed by atoms with Crippen molar-refractivity contribution in [3.05, 3.63) is 63.9 Å². The summed E-state index contributed by atoms with van der Waals surface area (Å²) in [5.74, 6) is -1.36. The molecule has 0 bridgehead atoms. The molecule has 0 aliphatic rings. The van der Waals surface area contributed by atoms with Crippen LogP contribution in [-0.2, 0) is 4.79 Å². The van der Waals surface area contributed by atoms with Crippen molar-refractivity contribution < 1.29 is 9.18 Å². The molecule has 0 saturated carbocycles. The number of carbonyl (C=O) groups is 1. The van der Waals surface area contributed by atoms with E-state index in [1.54, 1.807) is 24.3 Å². The summed E-state index contributed by atoms with van der Waals surface area (Å²) in [6.45, 7) is 0. The van der Waals surface area contributed by atoms with Crippen LogP contribution in [0.5, 0.6) is 0 Å². The van der Waals surface area contributed by atoms with Crippen LogP contribution in [0.25, 0.3) is 0 Å². The van der Waals surface area contributed by atoms with Gasteiger partial charge in [0.05, 0.1) is 10.7 Å². The number of nitrogens with two attached hydrogens (primary N) is 1. The van der Waals surface area contributed by atoms with Gasteiger partial charge in [0, 0.05) is 10.6 Å². The quantitative estimate of drug-likeness (QED) is 0.903. The minimum absolute atomic E-state index is 0.00147. The third-order valence-electron chi connectivity index (χ3n) is 2.75. The number of hydrogen-bond donors (Lipinski definition) is 2. The number of benzene rings is 2. The molecule has 0 aromatic heterocycles. The number of rotatable bonds is 4. The van der Waals surface area contributed by atoms with Gasteiger partial charge in [-0.3, -0.25) is 4.79 Å². The van der Waals surface area contributed by atoms with E-state index < -0.39 is 17.8 Å². The lowest BCUT2D eigenvalue weighted by atomic mass is 10.0. The number of primary amides is 1. The van der Waals surface area contributed by atoms with Crippen LogP contribution in [0.3, 0.4) is 0 Å². The average Bonchev–Trinajstić information content (AvgIpc) is 2.39. The highest BCUT2D eigenvalue weighted by Gasteiger charge is 2.24. The molecule has 0 aliphatic carbocycles. The lowest BCUT2D eigenvalue weighted by Gasteiger charge is -2.19. The first-order valence-electron chi connectivity index (χ1n) is 5.75. The van der Waals surface area contributed by atoms with Gasteiger partial charge in [-0.2, -0.15) is 0 Å². The Bertz CT molecular complexity index is 629. The number of para-hydroxylation sites is 1. The Kier molecular flexibility index (Phi) is 4.47. The molecule has 0 heterocycles. The van der Waals surface area contributed by atoms with E-state index in [0.717, 1.165) is 0 Å². The van der Waals surface area contributed by atoms with Gasteiger partial charge in [0.2, 0.25) is 5.91 Å². The summed E-state index contributed by atoms with van der Waals surface area (Å²) in [5.41, 5.74) is 5.81. The topological polar surface area (TPSA) is 55.1 Å². The third kappa shape index (κ3) is 3.03. The van der Waals surface area contributed by atoms with Crippen molar-refractivity contribution in [3.8, 4) is 0 Å². The molecular formula is C14H11Cl2FN2O. The smallest absolute Gasteiger partial charge is 0.244 e. The van der Waals surface area contributed by atoms with Gasteiger partial charge in [-0.25, -0.2) is 4.39 Å². The number of hydrogen-bond acceptors (Lipinski definition) is 2. The molecule has 0 aliphatic heterocycles. The molecule has 20 heavy (non-hydrogen) atoms. The fourth-order valence-electron chi connectivity index (χ4n) is 1.81.